The summed E-state index contributed by atoms with van der Waals surface area (Å²) in [5.74, 6) is 0.471. The van der Waals surface area contributed by atoms with Gasteiger partial charge in [0.05, 0.1) is 6.42 Å². The maximum Gasteiger partial charge on any atom is 0.224 e. The first kappa shape index (κ1) is 13.6. The van der Waals surface area contributed by atoms with Crippen molar-refractivity contribution in [2.75, 3.05) is 6.54 Å². The van der Waals surface area contributed by atoms with Crippen molar-refractivity contribution in [3.63, 3.8) is 0 Å². The molecule has 3 rings (SSSR count). The summed E-state index contributed by atoms with van der Waals surface area (Å²) < 4.78 is 18.8. The Labute approximate surface area is 122 Å². The minimum absolute atomic E-state index is 0.0380. The van der Waals surface area contributed by atoms with Crippen molar-refractivity contribution >= 4 is 5.91 Å². The normalized spacial score (nSPS) is 14.0. The largest absolute Gasteiger partial charge is 0.489 e. The van der Waals surface area contributed by atoms with Crippen LogP contribution < -0.4 is 10.1 Å². The molecule has 4 heteroatoms. The van der Waals surface area contributed by atoms with Crippen molar-refractivity contribution in [2.45, 2.75) is 19.4 Å². The van der Waals surface area contributed by atoms with E-state index >= 15 is 0 Å². The van der Waals surface area contributed by atoms with Gasteiger partial charge in [-0.25, -0.2) is 4.39 Å². The summed E-state index contributed by atoms with van der Waals surface area (Å²) in [5, 5.41) is 2.85. The fourth-order valence-corrected chi connectivity index (χ4v) is 2.47. The van der Waals surface area contributed by atoms with Crippen molar-refractivity contribution in [3.05, 3.63) is 65.0 Å². The number of carbonyl (C=O) groups is 1. The smallest absolute Gasteiger partial charge is 0.224 e. The lowest BCUT2D eigenvalue weighted by Crippen LogP contribution is -2.24. The molecule has 0 fully saturated rings. The topological polar surface area (TPSA) is 38.3 Å². The van der Waals surface area contributed by atoms with Gasteiger partial charge in [-0.2, -0.15) is 0 Å². The van der Waals surface area contributed by atoms with Crippen LogP contribution in [0.15, 0.2) is 42.5 Å². The molecule has 0 saturated carbocycles. The molecule has 1 heterocycles. The summed E-state index contributed by atoms with van der Waals surface area (Å²) in [6.45, 7) is 0.984. The number of hydrogen-bond acceptors (Lipinski definition) is 2. The predicted molar refractivity (Wildman–Crippen MR) is 77.6 cm³/mol. The Morgan fingerprint density at radius 1 is 1.14 bits per heavy atom. The molecule has 0 unspecified atom stereocenters. The maximum atomic E-state index is 13.1. The van der Waals surface area contributed by atoms with Gasteiger partial charge in [0.1, 0.15) is 18.2 Å². The van der Waals surface area contributed by atoms with E-state index in [1.807, 2.05) is 24.3 Å². The Balaban J connectivity index is 1.73. The minimum atomic E-state index is -0.269. The average molecular weight is 285 g/mol. The number of benzene rings is 2. The highest BCUT2D eigenvalue weighted by molar-refractivity contribution is 5.79. The van der Waals surface area contributed by atoms with Crippen LogP contribution in [-0.2, 0) is 24.2 Å². The van der Waals surface area contributed by atoms with Crippen molar-refractivity contribution in [1.29, 1.82) is 0 Å². The third-order valence-corrected chi connectivity index (χ3v) is 3.54. The molecule has 2 aromatic rings. The third-order valence-electron chi connectivity index (χ3n) is 3.54. The van der Waals surface area contributed by atoms with Gasteiger partial charge >= 0.3 is 0 Å². The molecule has 21 heavy (non-hydrogen) atoms. The average Bonchev–Trinajstić information content (AvgIpc) is 2.65. The van der Waals surface area contributed by atoms with Crippen molar-refractivity contribution < 1.29 is 13.9 Å². The molecule has 1 aliphatic heterocycles. The lowest BCUT2D eigenvalue weighted by Gasteiger charge is -2.10. The number of nitrogens with one attached hydrogen (secondary N) is 1. The lowest BCUT2D eigenvalue weighted by atomic mass is 10.0. The van der Waals surface area contributed by atoms with Crippen LogP contribution in [0.3, 0.4) is 0 Å². The van der Waals surface area contributed by atoms with Gasteiger partial charge in [0.15, 0.2) is 0 Å². The number of carbonyl (C=O) groups excluding carboxylic acids is 1. The van der Waals surface area contributed by atoms with Gasteiger partial charge in [0, 0.05) is 6.54 Å². The van der Waals surface area contributed by atoms with E-state index < -0.39 is 0 Å². The predicted octanol–water partition coefficient (Wildman–Crippen LogP) is 2.62. The molecule has 3 nitrogen and oxygen atoms in total. The van der Waals surface area contributed by atoms with Gasteiger partial charge < -0.3 is 10.1 Å². The lowest BCUT2D eigenvalue weighted by molar-refractivity contribution is -0.120. The van der Waals surface area contributed by atoms with E-state index in [0.717, 1.165) is 17.5 Å². The van der Waals surface area contributed by atoms with Gasteiger partial charge in [-0.15, -0.1) is 0 Å². The fourth-order valence-electron chi connectivity index (χ4n) is 2.47. The molecule has 0 aromatic heterocycles. The number of hydrogen-bond donors (Lipinski definition) is 1. The van der Waals surface area contributed by atoms with Crippen molar-refractivity contribution in [3.8, 4) is 5.75 Å². The van der Waals surface area contributed by atoms with Crippen LogP contribution in [0.25, 0.3) is 0 Å². The van der Waals surface area contributed by atoms with Crippen molar-refractivity contribution in [1.82, 2.24) is 5.32 Å². The molecule has 1 aliphatic rings. The molecule has 0 saturated heterocycles. The molecule has 0 aliphatic carbocycles. The third kappa shape index (κ3) is 3.40. The second kappa shape index (κ2) is 5.95. The number of halogens is 1. The maximum absolute atomic E-state index is 13.1. The van der Waals surface area contributed by atoms with Crippen molar-refractivity contribution in [2.24, 2.45) is 0 Å². The first-order valence-corrected chi connectivity index (χ1v) is 6.96. The first-order valence-electron chi connectivity index (χ1n) is 6.96. The Morgan fingerprint density at radius 3 is 2.90 bits per heavy atom. The first-order chi connectivity index (χ1) is 10.2. The Hall–Kier alpha value is -2.36. The monoisotopic (exact) mass is 285 g/mol. The van der Waals surface area contributed by atoms with Crippen LogP contribution in [0.4, 0.5) is 4.39 Å². The molecule has 1 amide bonds. The van der Waals surface area contributed by atoms with Crippen LogP contribution >= 0.6 is 0 Å². The SMILES string of the molecule is O=C1Cc2cc(OCc3cccc(F)c3)ccc2CCN1. The molecule has 0 bridgehead atoms. The van der Waals surface area contributed by atoms with Gasteiger partial charge in [-0.3, -0.25) is 4.79 Å². The van der Waals surface area contributed by atoms with Gasteiger partial charge in [0.2, 0.25) is 5.91 Å². The fraction of sp³-hybridized carbons (Fsp3) is 0.235. The van der Waals surface area contributed by atoms with Crippen LogP contribution in [-0.4, -0.2) is 12.5 Å². The molecule has 0 spiro atoms. The summed E-state index contributed by atoms with van der Waals surface area (Å²) >= 11 is 0. The quantitative estimate of drug-likeness (QED) is 0.941. The molecule has 0 radical (unpaired) electrons. The van der Waals surface area contributed by atoms with E-state index in [1.165, 1.54) is 17.7 Å². The second-order valence-electron chi connectivity index (χ2n) is 5.13. The highest BCUT2D eigenvalue weighted by Gasteiger charge is 2.13. The summed E-state index contributed by atoms with van der Waals surface area (Å²) in [4.78, 5) is 11.6. The number of ether oxygens (including phenoxy) is 1. The van der Waals surface area contributed by atoms with E-state index in [2.05, 4.69) is 5.32 Å². The molecule has 0 atom stereocenters. The van der Waals surface area contributed by atoms with Crippen LogP contribution in [0.1, 0.15) is 16.7 Å². The van der Waals surface area contributed by atoms with Crippen LogP contribution in [0, 0.1) is 5.82 Å². The van der Waals surface area contributed by atoms with Gasteiger partial charge in [0.25, 0.3) is 0 Å². The van der Waals surface area contributed by atoms with Crippen LogP contribution in [0.5, 0.6) is 5.75 Å². The summed E-state index contributed by atoms with van der Waals surface area (Å²) in [6.07, 6.45) is 1.22. The zero-order chi connectivity index (χ0) is 14.7. The highest BCUT2D eigenvalue weighted by atomic mass is 19.1. The summed E-state index contributed by atoms with van der Waals surface area (Å²) in [7, 11) is 0. The molecule has 1 N–H and O–H groups in total. The van der Waals surface area contributed by atoms with E-state index in [9.17, 15) is 9.18 Å². The molecular formula is C17H16FNO2. The zero-order valence-corrected chi connectivity index (χ0v) is 11.6. The molecule has 108 valence electrons. The summed E-state index contributed by atoms with van der Waals surface area (Å²) in [6, 6.07) is 12.1. The molecular weight excluding hydrogens is 269 g/mol. The number of fused-ring (bicyclic) bond motifs is 1. The highest BCUT2D eigenvalue weighted by Crippen LogP contribution is 2.21. The van der Waals surface area contributed by atoms with E-state index in [0.29, 0.717) is 25.3 Å². The minimum Gasteiger partial charge on any atom is -0.489 e. The Morgan fingerprint density at radius 2 is 2.05 bits per heavy atom. The molecule has 2 aromatic carbocycles. The van der Waals surface area contributed by atoms with Gasteiger partial charge in [-0.05, 0) is 47.4 Å². The van der Waals surface area contributed by atoms with E-state index in [-0.39, 0.29) is 11.7 Å². The number of rotatable bonds is 3. The van der Waals surface area contributed by atoms with E-state index in [4.69, 9.17) is 4.74 Å². The standard InChI is InChI=1S/C17H16FNO2/c18-15-3-1-2-12(8-15)11-21-16-5-4-13-6-7-19-17(20)10-14(13)9-16/h1-5,8-9H,6-7,10-11H2,(H,19,20). The number of amides is 1. The summed E-state index contributed by atoms with van der Waals surface area (Å²) in [5.41, 5.74) is 2.95. The Kier molecular flexibility index (Phi) is 3.86. The second-order valence-corrected chi connectivity index (χ2v) is 5.13. The van der Waals surface area contributed by atoms with Crippen LogP contribution in [0.2, 0.25) is 0 Å². The van der Waals surface area contributed by atoms with E-state index in [1.54, 1.807) is 6.07 Å². The van der Waals surface area contributed by atoms with Gasteiger partial charge in [-0.1, -0.05) is 18.2 Å². The zero-order valence-electron chi connectivity index (χ0n) is 11.6. The Bertz CT molecular complexity index is 670.